The maximum absolute atomic E-state index is 5.92. The molecule has 0 bridgehead atoms. The van der Waals surface area contributed by atoms with Crippen LogP contribution in [0.25, 0.3) is 0 Å². The number of hydrogen-bond acceptors (Lipinski definition) is 3. The first-order valence-electron chi connectivity index (χ1n) is 5.68. The van der Waals surface area contributed by atoms with Crippen LogP contribution in [0, 0.1) is 0 Å². The minimum absolute atomic E-state index is 0.00581. The van der Waals surface area contributed by atoms with Crippen LogP contribution in [-0.2, 0) is 0 Å². The number of likely N-dealkylation sites (N-methyl/N-ethyl adjacent to an activating group) is 1. The van der Waals surface area contributed by atoms with Crippen molar-refractivity contribution in [1.29, 1.82) is 0 Å². The summed E-state index contributed by atoms with van der Waals surface area (Å²) in [4.78, 5) is 2.38. The average molecular weight is 199 g/mol. The third-order valence-corrected chi connectivity index (χ3v) is 2.82. The molecule has 0 amide bonds. The lowest BCUT2D eigenvalue weighted by Crippen LogP contribution is -2.35. The summed E-state index contributed by atoms with van der Waals surface area (Å²) in [6.07, 6.45) is 3.58. The van der Waals surface area contributed by atoms with Crippen LogP contribution in [0.4, 0.5) is 0 Å². The summed E-state index contributed by atoms with van der Waals surface area (Å²) in [7, 11) is 2.19. The molecule has 3 N–H and O–H groups in total. The van der Waals surface area contributed by atoms with Gasteiger partial charge in [0, 0.05) is 18.1 Å². The smallest absolute Gasteiger partial charge is 0.0207 e. The van der Waals surface area contributed by atoms with Crippen molar-refractivity contribution in [3.63, 3.8) is 0 Å². The molecule has 1 atom stereocenters. The van der Waals surface area contributed by atoms with Crippen molar-refractivity contribution in [3.8, 4) is 0 Å². The van der Waals surface area contributed by atoms with Gasteiger partial charge in [0.15, 0.2) is 0 Å². The van der Waals surface area contributed by atoms with Gasteiger partial charge in [0.2, 0.25) is 0 Å². The van der Waals surface area contributed by atoms with Gasteiger partial charge in [0.1, 0.15) is 0 Å². The highest BCUT2D eigenvalue weighted by Crippen LogP contribution is 2.08. The molecule has 1 saturated heterocycles. The second-order valence-corrected chi connectivity index (χ2v) is 5.29. The van der Waals surface area contributed by atoms with Gasteiger partial charge in [-0.05, 0) is 53.2 Å². The first-order chi connectivity index (χ1) is 6.47. The van der Waals surface area contributed by atoms with Crippen molar-refractivity contribution in [2.75, 3.05) is 26.7 Å². The summed E-state index contributed by atoms with van der Waals surface area (Å²) in [6, 6.07) is 0.709. The molecule has 0 aromatic heterocycles. The van der Waals surface area contributed by atoms with Gasteiger partial charge in [0.05, 0.1) is 0 Å². The van der Waals surface area contributed by atoms with Crippen LogP contribution >= 0.6 is 0 Å². The fourth-order valence-corrected chi connectivity index (χ4v) is 1.95. The predicted molar refractivity (Wildman–Crippen MR) is 61.4 cm³/mol. The first-order valence-corrected chi connectivity index (χ1v) is 5.68. The monoisotopic (exact) mass is 199 g/mol. The third kappa shape index (κ3) is 4.94. The van der Waals surface area contributed by atoms with Crippen LogP contribution in [0.3, 0.4) is 0 Å². The Bertz CT molecular complexity index is 162. The van der Waals surface area contributed by atoms with E-state index in [1.165, 1.54) is 25.9 Å². The van der Waals surface area contributed by atoms with Crippen molar-refractivity contribution in [1.82, 2.24) is 10.2 Å². The molecule has 0 aromatic rings. The molecule has 0 aliphatic carbocycles. The molecule has 3 heteroatoms. The lowest BCUT2D eigenvalue weighted by atomic mass is 10.0. The van der Waals surface area contributed by atoms with E-state index in [4.69, 9.17) is 5.73 Å². The molecule has 84 valence electrons. The summed E-state index contributed by atoms with van der Waals surface area (Å²) in [5, 5.41) is 3.59. The van der Waals surface area contributed by atoms with E-state index in [0.29, 0.717) is 6.04 Å². The molecule has 0 radical (unpaired) electrons. The van der Waals surface area contributed by atoms with Gasteiger partial charge in [0.25, 0.3) is 0 Å². The molecule has 1 aliphatic heterocycles. The zero-order valence-corrected chi connectivity index (χ0v) is 9.84. The van der Waals surface area contributed by atoms with Gasteiger partial charge >= 0.3 is 0 Å². The quantitative estimate of drug-likeness (QED) is 0.644. The van der Waals surface area contributed by atoms with Gasteiger partial charge in [-0.15, -0.1) is 0 Å². The molecule has 14 heavy (non-hydrogen) atoms. The molecule has 1 heterocycles. The molecule has 0 aromatic carbocycles. The van der Waals surface area contributed by atoms with Gasteiger partial charge in [-0.2, -0.15) is 0 Å². The number of nitrogens with two attached hydrogens (primary N) is 1. The van der Waals surface area contributed by atoms with Gasteiger partial charge in [-0.3, -0.25) is 0 Å². The van der Waals surface area contributed by atoms with Crippen molar-refractivity contribution in [2.45, 2.75) is 44.7 Å². The largest absolute Gasteiger partial charge is 0.326 e. The van der Waals surface area contributed by atoms with E-state index in [9.17, 15) is 0 Å². The number of hydrogen-bond donors (Lipinski definition) is 2. The van der Waals surface area contributed by atoms with Gasteiger partial charge in [-0.25, -0.2) is 0 Å². The van der Waals surface area contributed by atoms with E-state index in [2.05, 4.69) is 31.1 Å². The Morgan fingerprint density at radius 2 is 2.21 bits per heavy atom. The summed E-state index contributed by atoms with van der Waals surface area (Å²) in [6.45, 7) is 7.73. The molecule has 1 fully saturated rings. The van der Waals surface area contributed by atoms with Crippen LogP contribution in [0.5, 0.6) is 0 Å². The molecule has 0 saturated carbocycles. The number of likely N-dealkylation sites (tertiary alicyclic amines) is 1. The Morgan fingerprint density at radius 1 is 1.50 bits per heavy atom. The summed E-state index contributed by atoms with van der Waals surface area (Å²) in [5.41, 5.74) is 5.91. The van der Waals surface area contributed by atoms with Gasteiger partial charge < -0.3 is 16.0 Å². The maximum atomic E-state index is 5.92. The van der Waals surface area contributed by atoms with E-state index in [0.717, 1.165) is 13.0 Å². The van der Waals surface area contributed by atoms with E-state index >= 15 is 0 Å². The Morgan fingerprint density at radius 3 is 2.71 bits per heavy atom. The van der Waals surface area contributed by atoms with Crippen LogP contribution in [0.2, 0.25) is 0 Å². The zero-order chi connectivity index (χ0) is 10.6. The van der Waals surface area contributed by atoms with Crippen molar-refractivity contribution in [3.05, 3.63) is 0 Å². The lowest BCUT2D eigenvalue weighted by Gasteiger charge is -2.19. The van der Waals surface area contributed by atoms with E-state index < -0.39 is 0 Å². The second kappa shape index (κ2) is 5.10. The Labute approximate surface area is 88.0 Å². The highest BCUT2D eigenvalue weighted by Gasteiger charge is 2.18. The molecule has 1 aliphatic rings. The average Bonchev–Trinajstić information content (AvgIpc) is 2.44. The number of rotatable bonds is 5. The highest BCUT2D eigenvalue weighted by atomic mass is 15.2. The molecule has 3 nitrogen and oxygen atoms in total. The topological polar surface area (TPSA) is 41.3 Å². The SMILES string of the molecule is CN1CCC(NCCCC(C)(C)N)C1. The van der Waals surface area contributed by atoms with Crippen molar-refractivity contribution >= 4 is 0 Å². The van der Waals surface area contributed by atoms with Gasteiger partial charge in [-0.1, -0.05) is 0 Å². The van der Waals surface area contributed by atoms with Crippen LogP contribution in [0.15, 0.2) is 0 Å². The normalized spacial score (nSPS) is 24.4. The third-order valence-electron chi connectivity index (χ3n) is 2.82. The van der Waals surface area contributed by atoms with E-state index in [-0.39, 0.29) is 5.54 Å². The fraction of sp³-hybridized carbons (Fsp3) is 1.00. The maximum Gasteiger partial charge on any atom is 0.0207 e. The minimum atomic E-state index is -0.00581. The summed E-state index contributed by atoms with van der Waals surface area (Å²) < 4.78 is 0. The standard InChI is InChI=1S/C11H25N3/c1-11(2,12)6-4-7-13-10-5-8-14(3)9-10/h10,13H,4-9,12H2,1-3H3. The summed E-state index contributed by atoms with van der Waals surface area (Å²) in [5.74, 6) is 0. The molecular weight excluding hydrogens is 174 g/mol. The van der Waals surface area contributed by atoms with E-state index in [1.54, 1.807) is 0 Å². The molecule has 1 rings (SSSR count). The van der Waals surface area contributed by atoms with Crippen LogP contribution in [-0.4, -0.2) is 43.2 Å². The predicted octanol–water partition coefficient (Wildman–Crippen LogP) is 0.798. The first kappa shape index (κ1) is 12.0. The Balaban J connectivity index is 1.99. The molecular formula is C11H25N3. The Hall–Kier alpha value is -0.120. The highest BCUT2D eigenvalue weighted by molar-refractivity contribution is 4.79. The second-order valence-electron chi connectivity index (χ2n) is 5.29. The number of nitrogens with one attached hydrogen (secondary N) is 1. The molecule has 0 spiro atoms. The van der Waals surface area contributed by atoms with Crippen molar-refractivity contribution < 1.29 is 0 Å². The van der Waals surface area contributed by atoms with Crippen molar-refractivity contribution in [2.24, 2.45) is 5.73 Å². The van der Waals surface area contributed by atoms with Crippen LogP contribution < -0.4 is 11.1 Å². The number of nitrogens with zero attached hydrogens (tertiary/aromatic N) is 1. The minimum Gasteiger partial charge on any atom is -0.326 e. The lowest BCUT2D eigenvalue weighted by molar-refractivity contribution is 0.390. The summed E-state index contributed by atoms with van der Waals surface area (Å²) >= 11 is 0. The van der Waals surface area contributed by atoms with Crippen LogP contribution in [0.1, 0.15) is 33.1 Å². The van der Waals surface area contributed by atoms with E-state index in [1.807, 2.05) is 0 Å². The zero-order valence-electron chi connectivity index (χ0n) is 9.84. The Kier molecular flexibility index (Phi) is 4.35. The fourth-order valence-electron chi connectivity index (χ4n) is 1.95. The molecule has 1 unspecified atom stereocenters.